The second-order valence-corrected chi connectivity index (χ2v) is 7.25. The van der Waals surface area contributed by atoms with Crippen LogP contribution < -0.4 is 5.32 Å². The highest BCUT2D eigenvalue weighted by molar-refractivity contribution is 7.89. The van der Waals surface area contributed by atoms with Gasteiger partial charge in [-0.15, -0.1) is 6.58 Å². The van der Waals surface area contributed by atoms with Crippen LogP contribution in [0.15, 0.2) is 41.8 Å². The molecule has 0 heterocycles. The molecule has 0 aromatic heterocycles. The van der Waals surface area contributed by atoms with E-state index in [1.807, 2.05) is 6.92 Å². The summed E-state index contributed by atoms with van der Waals surface area (Å²) in [5.74, 6) is -0.522. The van der Waals surface area contributed by atoms with Crippen molar-refractivity contribution < 1.29 is 26.4 Å². The molecule has 0 saturated carbocycles. The second-order valence-electron chi connectivity index (χ2n) is 5.32. The number of nitrogens with one attached hydrogen (secondary N) is 1. The molecular formula is C16H21F3N2O3S. The van der Waals surface area contributed by atoms with Gasteiger partial charge in [0.05, 0.1) is 17.0 Å². The number of sulfonamides is 1. The summed E-state index contributed by atoms with van der Waals surface area (Å²) in [6.07, 6.45) is -1.79. The Morgan fingerprint density at radius 1 is 1.36 bits per heavy atom. The molecular weight excluding hydrogens is 357 g/mol. The average Bonchev–Trinajstić information content (AvgIpc) is 2.54. The molecule has 1 rings (SSSR count). The Morgan fingerprint density at radius 3 is 2.60 bits per heavy atom. The van der Waals surface area contributed by atoms with Crippen LogP contribution in [0.3, 0.4) is 0 Å². The van der Waals surface area contributed by atoms with E-state index in [1.165, 1.54) is 6.08 Å². The molecule has 5 nitrogen and oxygen atoms in total. The van der Waals surface area contributed by atoms with Crippen LogP contribution in [-0.2, 0) is 21.0 Å². The van der Waals surface area contributed by atoms with Crippen LogP contribution in [0, 0.1) is 0 Å². The van der Waals surface area contributed by atoms with Crippen LogP contribution in [0.2, 0.25) is 0 Å². The molecule has 0 aliphatic carbocycles. The normalized spacial score (nSPS) is 12.2. The van der Waals surface area contributed by atoms with Crippen LogP contribution in [-0.4, -0.2) is 38.3 Å². The molecule has 0 fully saturated rings. The van der Waals surface area contributed by atoms with Gasteiger partial charge in [0.15, 0.2) is 0 Å². The monoisotopic (exact) mass is 378 g/mol. The largest absolute Gasteiger partial charge is 0.416 e. The SMILES string of the molecule is C=CCN(CC(=O)NCCCC)S(=O)(=O)c1cccc(C(F)(F)F)c1. The smallest absolute Gasteiger partial charge is 0.355 e. The standard InChI is InChI=1S/C16H21F3N2O3S/c1-3-5-9-20-15(22)12-21(10-4-2)25(23,24)14-8-6-7-13(11-14)16(17,18)19/h4,6-8,11H,2-3,5,9-10,12H2,1H3,(H,20,22). The van der Waals surface area contributed by atoms with E-state index in [9.17, 15) is 26.4 Å². The number of carbonyl (C=O) groups is 1. The predicted molar refractivity (Wildman–Crippen MR) is 88.3 cm³/mol. The van der Waals surface area contributed by atoms with E-state index < -0.39 is 39.1 Å². The number of nitrogens with zero attached hydrogens (tertiary/aromatic N) is 1. The number of halogens is 3. The molecule has 9 heteroatoms. The zero-order valence-corrected chi connectivity index (χ0v) is 14.7. The highest BCUT2D eigenvalue weighted by atomic mass is 32.2. The van der Waals surface area contributed by atoms with Crippen molar-refractivity contribution >= 4 is 15.9 Å². The number of rotatable bonds is 9. The Kier molecular flexibility index (Phi) is 7.62. The van der Waals surface area contributed by atoms with E-state index in [4.69, 9.17) is 0 Å². The van der Waals surface area contributed by atoms with Gasteiger partial charge < -0.3 is 5.32 Å². The first-order chi connectivity index (χ1) is 11.6. The Bertz CT molecular complexity index is 703. The number of hydrogen-bond acceptors (Lipinski definition) is 3. The molecule has 0 saturated heterocycles. The average molecular weight is 378 g/mol. The van der Waals surface area contributed by atoms with E-state index in [-0.39, 0.29) is 6.54 Å². The summed E-state index contributed by atoms with van der Waals surface area (Å²) in [4.78, 5) is 11.4. The van der Waals surface area contributed by atoms with Gasteiger partial charge in [0.25, 0.3) is 0 Å². The number of hydrogen-bond donors (Lipinski definition) is 1. The molecule has 140 valence electrons. The molecule has 0 spiro atoms. The zero-order valence-electron chi connectivity index (χ0n) is 13.8. The van der Waals surface area contributed by atoms with Gasteiger partial charge in [-0.2, -0.15) is 17.5 Å². The molecule has 0 radical (unpaired) electrons. The summed E-state index contributed by atoms with van der Waals surface area (Å²) < 4.78 is 64.4. The first-order valence-electron chi connectivity index (χ1n) is 7.68. The Morgan fingerprint density at radius 2 is 2.04 bits per heavy atom. The van der Waals surface area contributed by atoms with E-state index >= 15 is 0 Å². The quantitative estimate of drug-likeness (QED) is 0.531. The molecule has 0 aliphatic heterocycles. The number of alkyl halides is 3. The van der Waals surface area contributed by atoms with Crippen molar-refractivity contribution in [3.63, 3.8) is 0 Å². The van der Waals surface area contributed by atoms with Gasteiger partial charge in [-0.1, -0.05) is 25.5 Å². The highest BCUT2D eigenvalue weighted by Crippen LogP contribution is 2.31. The van der Waals surface area contributed by atoms with Crippen molar-refractivity contribution in [2.24, 2.45) is 0 Å². The summed E-state index contributed by atoms with van der Waals surface area (Å²) >= 11 is 0. The summed E-state index contributed by atoms with van der Waals surface area (Å²) in [6, 6.07) is 3.42. The first kappa shape index (κ1) is 21.2. The number of amides is 1. The third kappa shape index (κ3) is 6.17. The van der Waals surface area contributed by atoms with E-state index in [0.29, 0.717) is 12.6 Å². The lowest BCUT2D eigenvalue weighted by Crippen LogP contribution is -2.41. The molecule has 0 atom stereocenters. The van der Waals surface area contributed by atoms with E-state index in [1.54, 1.807) is 0 Å². The fourth-order valence-electron chi connectivity index (χ4n) is 1.99. The van der Waals surface area contributed by atoms with Gasteiger partial charge >= 0.3 is 6.18 Å². The Labute approximate surface area is 145 Å². The third-order valence-electron chi connectivity index (χ3n) is 3.30. The summed E-state index contributed by atoms with van der Waals surface area (Å²) in [5, 5.41) is 2.57. The number of benzene rings is 1. The van der Waals surface area contributed by atoms with Crippen molar-refractivity contribution in [2.75, 3.05) is 19.6 Å². The number of unbranched alkanes of at least 4 members (excludes halogenated alkanes) is 1. The van der Waals surface area contributed by atoms with Gasteiger partial charge in [-0.05, 0) is 24.6 Å². The van der Waals surface area contributed by atoms with Gasteiger partial charge in [0.1, 0.15) is 0 Å². The minimum atomic E-state index is -4.66. The van der Waals surface area contributed by atoms with Crippen LogP contribution in [0.4, 0.5) is 13.2 Å². The maximum atomic E-state index is 12.8. The topological polar surface area (TPSA) is 66.5 Å². The highest BCUT2D eigenvalue weighted by Gasteiger charge is 2.33. The van der Waals surface area contributed by atoms with Crippen molar-refractivity contribution in [3.8, 4) is 0 Å². The lowest BCUT2D eigenvalue weighted by Gasteiger charge is -2.21. The zero-order chi connectivity index (χ0) is 19.1. The van der Waals surface area contributed by atoms with Gasteiger partial charge in [0, 0.05) is 13.1 Å². The van der Waals surface area contributed by atoms with Crippen LogP contribution in [0.5, 0.6) is 0 Å². The summed E-state index contributed by atoms with van der Waals surface area (Å²) in [7, 11) is -4.27. The lowest BCUT2D eigenvalue weighted by molar-refractivity contribution is -0.137. The Hall–Kier alpha value is -1.87. The minimum absolute atomic E-state index is 0.195. The fraction of sp³-hybridized carbons (Fsp3) is 0.438. The molecule has 0 unspecified atom stereocenters. The maximum absolute atomic E-state index is 12.8. The molecule has 1 aromatic rings. The van der Waals surface area contributed by atoms with Crippen molar-refractivity contribution in [1.82, 2.24) is 9.62 Å². The molecule has 0 bridgehead atoms. The third-order valence-corrected chi connectivity index (χ3v) is 5.11. The minimum Gasteiger partial charge on any atom is -0.355 e. The molecule has 1 amide bonds. The van der Waals surface area contributed by atoms with Crippen molar-refractivity contribution in [1.29, 1.82) is 0 Å². The van der Waals surface area contributed by atoms with E-state index in [0.717, 1.165) is 35.3 Å². The molecule has 1 N–H and O–H groups in total. The molecule has 0 aliphatic rings. The lowest BCUT2D eigenvalue weighted by atomic mass is 10.2. The van der Waals surface area contributed by atoms with Gasteiger partial charge in [-0.25, -0.2) is 8.42 Å². The molecule has 1 aromatic carbocycles. The van der Waals surface area contributed by atoms with E-state index in [2.05, 4.69) is 11.9 Å². The van der Waals surface area contributed by atoms with Crippen molar-refractivity contribution in [2.45, 2.75) is 30.8 Å². The summed E-state index contributed by atoms with van der Waals surface area (Å²) in [5.41, 5.74) is -1.07. The second kappa shape index (κ2) is 9.00. The van der Waals surface area contributed by atoms with Crippen LogP contribution in [0.1, 0.15) is 25.3 Å². The fourth-order valence-corrected chi connectivity index (χ4v) is 3.41. The Balaban J connectivity index is 3.05. The van der Waals surface area contributed by atoms with Crippen molar-refractivity contribution in [3.05, 3.63) is 42.5 Å². The molecule has 25 heavy (non-hydrogen) atoms. The number of carbonyl (C=O) groups excluding carboxylic acids is 1. The van der Waals surface area contributed by atoms with Gasteiger partial charge in [0.2, 0.25) is 15.9 Å². The van der Waals surface area contributed by atoms with Crippen LogP contribution >= 0.6 is 0 Å². The van der Waals surface area contributed by atoms with Crippen LogP contribution in [0.25, 0.3) is 0 Å². The summed E-state index contributed by atoms with van der Waals surface area (Å²) in [6.45, 7) is 5.09. The first-order valence-corrected chi connectivity index (χ1v) is 9.12. The maximum Gasteiger partial charge on any atom is 0.416 e. The predicted octanol–water partition coefficient (Wildman–Crippen LogP) is 2.80. The van der Waals surface area contributed by atoms with Gasteiger partial charge in [-0.3, -0.25) is 4.79 Å².